The van der Waals surface area contributed by atoms with Gasteiger partial charge >= 0.3 is 18.6 Å². The van der Waals surface area contributed by atoms with E-state index in [9.17, 15) is 0 Å². The summed E-state index contributed by atoms with van der Waals surface area (Å²) in [5, 5.41) is 0. The summed E-state index contributed by atoms with van der Waals surface area (Å²) in [6.07, 6.45) is 13.0. The van der Waals surface area contributed by atoms with Crippen molar-refractivity contribution in [3.63, 3.8) is 0 Å². The number of hydrogen-bond donors (Lipinski definition) is 0. The Labute approximate surface area is 106 Å². The summed E-state index contributed by atoms with van der Waals surface area (Å²) >= 11 is 0. The molecule has 1 heteroatoms. The molecule has 0 atom stereocenters. The smallest absolute Gasteiger partial charge is 0.250 e. The molecule has 0 saturated heterocycles. The van der Waals surface area contributed by atoms with E-state index in [4.69, 9.17) is 0 Å². The average Bonchev–Trinajstić information content (AvgIpc) is 2.63. The summed E-state index contributed by atoms with van der Waals surface area (Å²) in [4.78, 5) is 0. The van der Waals surface area contributed by atoms with Gasteiger partial charge in [-0.25, -0.2) is 23.3 Å². The van der Waals surface area contributed by atoms with E-state index >= 15 is 0 Å². The normalized spacial score (nSPS) is 17.9. The Kier molecular flexibility index (Phi) is 6.71. The Morgan fingerprint density at radius 3 is 1.20 bits per heavy atom. The Morgan fingerprint density at radius 2 is 1.13 bits per heavy atom. The monoisotopic (exact) mass is 237 g/mol. The number of allylic oxidation sites excluding steroid dienone is 8. The largest absolute Gasteiger partial charge is 2.00 e. The minimum atomic E-state index is 0. The Balaban J connectivity index is 0.000000245. The first kappa shape index (κ1) is 14.5. The number of rotatable bonds is 0. The molecule has 0 N–H and O–H groups in total. The summed E-state index contributed by atoms with van der Waals surface area (Å²) in [7, 11) is 0. The quantitative estimate of drug-likeness (QED) is 0.555. The van der Waals surface area contributed by atoms with Crippen LogP contribution in [-0.2, 0) is 18.6 Å². The van der Waals surface area contributed by atoms with Crippen LogP contribution in [0.1, 0.15) is 40.5 Å². The molecule has 0 amide bonds. The van der Waals surface area contributed by atoms with Gasteiger partial charge in [-0.2, -0.15) is 11.1 Å². The van der Waals surface area contributed by atoms with Gasteiger partial charge in [-0.05, 0) is 0 Å². The Bertz CT molecular complexity index is 293. The molecule has 0 spiro atoms. The van der Waals surface area contributed by atoms with Gasteiger partial charge < -0.3 is 0 Å². The molecule has 2 rings (SSSR count). The fourth-order valence-electron chi connectivity index (χ4n) is 1.49. The molecule has 0 aliphatic heterocycles. The van der Waals surface area contributed by atoms with Gasteiger partial charge in [0.2, 0.25) is 0 Å². The van der Waals surface area contributed by atoms with Crippen LogP contribution in [0.3, 0.4) is 0 Å². The summed E-state index contributed by atoms with van der Waals surface area (Å²) in [6.45, 7) is 8.37. The van der Waals surface area contributed by atoms with Crippen molar-refractivity contribution in [1.29, 1.82) is 0 Å². The molecule has 79 valence electrons. The molecule has 1 radical (unpaired) electrons. The second-order valence-corrected chi connectivity index (χ2v) is 3.99. The molecular weight excluding hydrogens is 219 g/mol. The zero-order valence-electron chi connectivity index (χ0n) is 10.0. The van der Waals surface area contributed by atoms with Crippen molar-refractivity contribution in [3.05, 3.63) is 46.6 Å². The molecule has 0 aromatic heterocycles. The second-order valence-electron chi connectivity index (χ2n) is 3.99. The van der Waals surface area contributed by atoms with E-state index in [1.54, 1.807) is 0 Å². The SMILES string of the molecule is CC1=[C-]C(C)=CC1.CC1=[C-]C(C)=CC1.[V+2]. The summed E-state index contributed by atoms with van der Waals surface area (Å²) in [5.41, 5.74) is 5.30. The van der Waals surface area contributed by atoms with E-state index < -0.39 is 0 Å². The first-order valence-corrected chi connectivity index (χ1v) is 5.10. The van der Waals surface area contributed by atoms with E-state index in [-0.39, 0.29) is 18.6 Å². The van der Waals surface area contributed by atoms with Gasteiger partial charge in [0.15, 0.2) is 0 Å². The van der Waals surface area contributed by atoms with Crippen LogP contribution in [0.15, 0.2) is 34.4 Å². The maximum atomic E-state index is 3.19. The van der Waals surface area contributed by atoms with Gasteiger partial charge in [-0.1, -0.05) is 40.5 Å². The van der Waals surface area contributed by atoms with Crippen molar-refractivity contribution in [1.82, 2.24) is 0 Å². The van der Waals surface area contributed by atoms with Crippen molar-refractivity contribution in [3.8, 4) is 0 Å². The predicted molar refractivity (Wildman–Crippen MR) is 61.6 cm³/mol. The van der Waals surface area contributed by atoms with Gasteiger partial charge in [-0.15, -0.1) is 0 Å². The van der Waals surface area contributed by atoms with Crippen molar-refractivity contribution < 1.29 is 18.6 Å². The third-order valence-electron chi connectivity index (χ3n) is 2.25. The topological polar surface area (TPSA) is 0 Å². The van der Waals surface area contributed by atoms with Crippen LogP contribution in [0.25, 0.3) is 0 Å². The van der Waals surface area contributed by atoms with Gasteiger partial charge in [0.25, 0.3) is 0 Å². The maximum absolute atomic E-state index is 3.19. The van der Waals surface area contributed by atoms with Crippen molar-refractivity contribution >= 4 is 0 Å². The molecule has 0 aromatic carbocycles. The van der Waals surface area contributed by atoms with Crippen molar-refractivity contribution in [2.24, 2.45) is 0 Å². The van der Waals surface area contributed by atoms with E-state index in [0.29, 0.717) is 0 Å². The van der Waals surface area contributed by atoms with Crippen LogP contribution in [0.2, 0.25) is 0 Å². The molecule has 2 aliphatic carbocycles. The van der Waals surface area contributed by atoms with E-state index in [1.807, 2.05) is 0 Å². The molecule has 0 fully saturated rings. The molecule has 0 nitrogen and oxygen atoms in total. The Hall–Kier alpha value is -0.456. The van der Waals surface area contributed by atoms with Crippen LogP contribution in [-0.4, -0.2) is 0 Å². The van der Waals surface area contributed by atoms with Gasteiger partial charge in [0, 0.05) is 0 Å². The summed E-state index contributed by atoms with van der Waals surface area (Å²) in [5.74, 6) is 0. The molecule has 0 heterocycles. The second kappa shape index (κ2) is 6.92. The van der Waals surface area contributed by atoms with E-state index in [2.05, 4.69) is 52.0 Å². The van der Waals surface area contributed by atoms with Crippen LogP contribution < -0.4 is 0 Å². The van der Waals surface area contributed by atoms with E-state index in [1.165, 1.54) is 22.3 Å². The van der Waals surface area contributed by atoms with Crippen molar-refractivity contribution in [2.45, 2.75) is 40.5 Å². The van der Waals surface area contributed by atoms with Crippen molar-refractivity contribution in [2.75, 3.05) is 0 Å². The maximum Gasteiger partial charge on any atom is 2.00 e. The Morgan fingerprint density at radius 1 is 0.800 bits per heavy atom. The third kappa shape index (κ3) is 5.86. The van der Waals surface area contributed by atoms with Crippen LogP contribution in [0.4, 0.5) is 0 Å². The van der Waals surface area contributed by atoms with Crippen LogP contribution in [0.5, 0.6) is 0 Å². The first-order chi connectivity index (χ1) is 6.58. The van der Waals surface area contributed by atoms with Gasteiger partial charge in [0.05, 0.1) is 0 Å². The minimum absolute atomic E-state index is 0. The summed E-state index contributed by atoms with van der Waals surface area (Å²) in [6, 6.07) is 0. The van der Waals surface area contributed by atoms with Crippen LogP contribution >= 0.6 is 0 Å². The number of hydrogen-bond acceptors (Lipinski definition) is 0. The molecule has 2 aliphatic rings. The molecule has 0 unspecified atom stereocenters. The molecular formula is C14H18V. The predicted octanol–water partition coefficient (Wildman–Crippen LogP) is 4.17. The fourth-order valence-corrected chi connectivity index (χ4v) is 1.49. The third-order valence-corrected chi connectivity index (χ3v) is 2.25. The zero-order valence-corrected chi connectivity index (χ0v) is 11.4. The van der Waals surface area contributed by atoms with Crippen LogP contribution in [0, 0.1) is 12.2 Å². The molecule has 0 aromatic rings. The average molecular weight is 237 g/mol. The standard InChI is InChI=1S/2C7H9.V/c2*1-6-3-4-7(2)5-6;/h2*3H,4H2,1-2H3;/q2*-1;+2. The zero-order chi connectivity index (χ0) is 10.6. The van der Waals surface area contributed by atoms with E-state index in [0.717, 1.165) is 12.8 Å². The first-order valence-electron chi connectivity index (χ1n) is 5.10. The fraction of sp³-hybridized carbons (Fsp3) is 0.429. The molecule has 0 bridgehead atoms. The summed E-state index contributed by atoms with van der Waals surface area (Å²) < 4.78 is 0. The minimum Gasteiger partial charge on any atom is -0.250 e. The van der Waals surface area contributed by atoms with Gasteiger partial charge in [-0.3, -0.25) is 12.2 Å². The molecule has 15 heavy (non-hydrogen) atoms. The van der Waals surface area contributed by atoms with Gasteiger partial charge in [0.1, 0.15) is 0 Å². The molecule has 0 saturated carbocycles.